The van der Waals surface area contributed by atoms with Crippen LogP contribution in [0.15, 0.2) is 36.8 Å². The van der Waals surface area contributed by atoms with Gasteiger partial charge < -0.3 is 15.0 Å². The second-order valence-electron chi connectivity index (χ2n) is 4.86. The number of hydrogen-bond donors (Lipinski definition) is 2. The van der Waals surface area contributed by atoms with Gasteiger partial charge in [0.25, 0.3) is 5.91 Å². The number of carbonyl (C=O) groups is 1. The molecule has 5 nitrogen and oxygen atoms in total. The Balaban J connectivity index is 1.66. The predicted molar refractivity (Wildman–Crippen MR) is 81.2 cm³/mol. The Morgan fingerprint density at radius 3 is 2.76 bits per heavy atom. The molecular weight excluding hydrogens is 266 g/mol. The van der Waals surface area contributed by atoms with Crippen LogP contribution in [0.2, 0.25) is 0 Å². The van der Waals surface area contributed by atoms with Gasteiger partial charge in [0.1, 0.15) is 5.75 Å². The van der Waals surface area contributed by atoms with Crippen molar-refractivity contribution in [3.8, 4) is 5.75 Å². The Bertz CT molecular complexity index is 535. The Hall–Kier alpha value is -2.30. The number of nitrogens with zero attached hydrogens (tertiary/aromatic N) is 1. The monoisotopic (exact) mass is 287 g/mol. The maximum Gasteiger partial charge on any atom is 0.257 e. The van der Waals surface area contributed by atoms with Crippen molar-refractivity contribution < 1.29 is 9.53 Å². The summed E-state index contributed by atoms with van der Waals surface area (Å²) >= 11 is 0. The summed E-state index contributed by atoms with van der Waals surface area (Å²) in [5.41, 5.74) is 2.29. The summed E-state index contributed by atoms with van der Waals surface area (Å²) in [5, 5.41) is 2.81. The highest BCUT2D eigenvalue weighted by Gasteiger charge is 2.03. The van der Waals surface area contributed by atoms with Gasteiger partial charge in [0.05, 0.1) is 6.33 Å². The van der Waals surface area contributed by atoms with Crippen molar-refractivity contribution in [2.45, 2.75) is 26.2 Å². The van der Waals surface area contributed by atoms with Crippen LogP contribution >= 0.6 is 0 Å². The van der Waals surface area contributed by atoms with Crippen molar-refractivity contribution in [3.05, 3.63) is 48.0 Å². The quantitative estimate of drug-likeness (QED) is 0.781. The lowest BCUT2D eigenvalue weighted by atomic mass is 10.1. The molecule has 2 N–H and O–H groups in total. The average molecular weight is 287 g/mol. The summed E-state index contributed by atoms with van der Waals surface area (Å²) in [4.78, 5) is 18.6. The molecule has 0 bridgehead atoms. The first-order valence-corrected chi connectivity index (χ1v) is 7.23. The summed E-state index contributed by atoms with van der Waals surface area (Å²) in [6.45, 7) is 2.76. The van der Waals surface area contributed by atoms with Crippen LogP contribution in [-0.2, 0) is 17.6 Å². The van der Waals surface area contributed by atoms with Gasteiger partial charge in [-0.25, -0.2) is 4.98 Å². The molecule has 1 aromatic heterocycles. The van der Waals surface area contributed by atoms with Gasteiger partial charge in [0, 0.05) is 24.9 Å². The van der Waals surface area contributed by atoms with Crippen LogP contribution in [0.4, 0.5) is 0 Å². The van der Waals surface area contributed by atoms with E-state index in [2.05, 4.69) is 22.2 Å². The minimum absolute atomic E-state index is 0.0378. The highest BCUT2D eigenvalue weighted by molar-refractivity contribution is 5.77. The molecule has 2 rings (SSSR count). The van der Waals surface area contributed by atoms with E-state index in [4.69, 9.17) is 4.74 Å². The SMILES string of the molecule is CCCc1ccc(OCC(=O)NCCc2cnc[nH]2)cc1. The molecule has 0 saturated heterocycles. The number of amides is 1. The number of hydrogen-bond acceptors (Lipinski definition) is 3. The third-order valence-corrected chi connectivity index (χ3v) is 3.10. The van der Waals surface area contributed by atoms with E-state index >= 15 is 0 Å². The van der Waals surface area contributed by atoms with E-state index in [0.29, 0.717) is 6.54 Å². The molecule has 1 amide bonds. The molecule has 0 radical (unpaired) electrons. The van der Waals surface area contributed by atoms with Crippen molar-refractivity contribution in [2.75, 3.05) is 13.2 Å². The molecule has 1 aromatic carbocycles. The Morgan fingerprint density at radius 2 is 2.10 bits per heavy atom. The van der Waals surface area contributed by atoms with Gasteiger partial charge >= 0.3 is 0 Å². The Morgan fingerprint density at radius 1 is 1.29 bits per heavy atom. The number of aromatic amines is 1. The second kappa shape index (κ2) is 8.09. The van der Waals surface area contributed by atoms with Crippen molar-refractivity contribution in [2.24, 2.45) is 0 Å². The van der Waals surface area contributed by atoms with Crippen LogP contribution in [0.5, 0.6) is 5.75 Å². The van der Waals surface area contributed by atoms with E-state index in [1.165, 1.54) is 5.56 Å². The predicted octanol–water partition coefficient (Wildman–Crippen LogP) is 2.10. The van der Waals surface area contributed by atoms with Crippen LogP contribution in [0.25, 0.3) is 0 Å². The number of H-pyrrole nitrogens is 1. The lowest BCUT2D eigenvalue weighted by Crippen LogP contribution is -2.30. The summed E-state index contributed by atoms with van der Waals surface area (Å²) in [5.74, 6) is 0.603. The van der Waals surface area contributed by atoms with E-state index in [-0.39, 0.29) is 12.5 Å². The third-order valence-electron chi connectivity index (χ3n) is 3.10. The van der Waals surface area contributed by atoms with Crippen LogP contribution < -0.4 is 10.1 Å². The van der Waals surface area contributed by atoms with Gasteiger partial charge in [-0.3, -0.25) is 4.79 Å². The largest absolute Gasteiger partial charge is 0.484 e. The van der Waals surface area contributed by atoms with Crippen LogP contribution in [0.3, 0.4) is 0 Å². The minimum atomic E-state index is -0.118. The van der Waals surface area contributed by atoms with E-state index in [9.17, 15) is 4.79 Å². The zero-order chi connectivity index (χ0) is 14.9. The molecular formula is C16H21N3O2. The molecule has 5 heteroatoms. The maximum atomic E-state index is 11.7. The van der Waals surface area contributed by atoms with Crippen LogP contribution in [0, 0.1) is 0 Å². The van der Waals surface area contributed by atoms with Gasteiger partial charge in [0.2, 0.25) is 0 Å². The molecule has 21 heavy (non-hydrogen) atoms. The Labute approximate surface area is 124 Å². The first-order chi connectivity index (χ1) is 10.3. The molecule has 0 aliphatic carbocycles. The van der Waals surface area contributed by atoms with Crippen molar-refractivity contribution in [1.29, 1.82) is 0 Å². The molecule has 1 heterocycles. The number of aromatic nitrogens is 2. The zero-order valence-electron chi connectivity index (χ0n) is 12.3. The summed E-state index contributed by atoms with van der Waals surface area (Å²) in [7, 11) is 0. The third kappa shape index (κ3) is 5.30. The van der Waals surface area contributed by atoms with Gasteiger partial charge in [-0.05, 0) is 24.1 Å². The van der Waals surface area contributed by atoms with Crippen molar-refractivity contribution >= 4 is 5.91 Å². The van der Waals surface area contributed by atoms with E-state index in [0.717, 1.165) is 30.7 Å². The number of benzene rings is 1. The zero-order valence-corrected chi connectivity index (χ0v) is 12.3. The fourth-order valence-corrected chi connectivity index (χ4v) is 2.00. The fraction of sp³-hybridized carbons (Fsp3) is 0.375. The highest BCUT2D eigenvalue weighted by Crippen LogP contribution is 2.13. The number of aryl methyl sites for hydroxylation is 1. The van der Waals surface area contributed by atoms with Gasteiger partial charge in [-0.1, -0.05) is 25.5 Å². The second-order valence-corrected chi connectivity index (χ2v) is 4.86. The lowest BCUT2D eigenvalue weighted by Gasteiger charge is -2.07. The van der Waals surface area contributed by atoms with Gasteiger partial charge in [-0.2, -0.15) is 0 Å². The first-order valence-electron chi connectivity index (χ1n) is 7.23. The summed E-state index contributed by atoms with van der Waals surface area (Å²) < 4.78 is 5.46. The number of carbonyl (C=O) groups excluding carboxylic acids is 1. The molecule has 0 aliphatic heterocycles. The fourth-order valence-electron chi connectivity index (χ4n) is 2.00. The number of nitrogens with one attached hydrogen (secondary N) is 2. The van der Waals surface area contributed by atoms with Gasteiger partial charge in [0.15, 0.2) is 6.61 Å². The van der Waals surface area contributed by atoms with Gasteiger partial charge in [-0.15, -0.1) is 0 Å². The highest BCUT2D eigenvalue weighted by atomic mass is 16.5. The topological polar surface area (TPSA) is 67.0 Å². The van der Waals surface area contributed by atoms with Crippen LogP contribution in [-0.4, -0.2) is 29.0 Å². The first kappa shape index (κ1) is 15.1. The average Bonchev–Trinajstić information content (AvgIpc) is 3.00. The molecule has 0 saturated carbocycles. The van der Waals surface area contributed by atoms with E-state index in [1.807, 2.05) is 24.3 Å². The molecule has 0 fully saturated rings. The molecule has 0 spiro atoms. The number of ether oxygens (including phenoxy) is 1. The normalized spacial score (nSPS) is 10.3. The number of rotatable bonds is 8. The smallest absolute Gasteiger partial charge is 0.257 e. The molecule has 0 aliphatic rings. The Kier molecular flexibility index (Phi) is 5.82. The standard InChI is InChI=1S/C16H21N3O2/c1-2-3-13-4-6-15(7-5-13)21-11-16(20)18-9-8-14-10-17-12-19-14/h4-7,10,12H,2-3,8-9,11H2,1H3,(H,17,19)(H,18,20). The maximum absolute atomic E-state index is 11.7. The van der Waals surface area contributed by atoms with Crippen LogP contribution in [0.1, 0.15) is 24.6 Å². The van der Waals surface area contributed by atoms with E-state index in [1.54, 1.807) is 12.5 Å². The number of imidazole rings is 1. The minimum Gasteiger partial charge on any atom is -0.484 e. The lowest BCUT2D eigenvalue weighted by molar-refractivity contribution is -0.123. The molecule has 0 unspecified atom stereocenters. The summed E-state index contributed by atoms with van der Waals surface area (Å²) in [6, 6.07) is 7.88. The molecule has 2 aromatic rings. The van der Waals surface area contributed by atoms with Crippen molar-refractivity contribution in [3.63, 3.8) is 0 Å². The molecule has 112 valence electrons. The van der Waals surface area contributed by atoms with Crippen molar-refractivity contribution in [1.82, 2.24) is 15.3 Å². The van der Waals surface area contributed by atoms with E-state index < -0.39 is 0 Å². The summed E-state index contributed by atoms with van der Waals surface area (Å²) in [6.07, 6.45) is 6.30. The molecule has 0 atom stereocenters.